The quantitative estimate of drug-likeness (QED) is 0.801. The predicted octanol–water partition coefficient (Wildman–Crippen LogP) is 3.27. The molecule has 2 heterocycles. The molecule has 0 bridgehead atoms. The fourth-order valence-corrected chi connectivity index (χ4v) is 2.33. The number of pyridine rings is 2. The summed E-state index contributed by atoms with van der Waals surface area (Å²) in [7, 11) is 0. The van der Waals surface area contributed by atoms with Crippen molar-refractivity contribution >= 4 is 5.91 Å². The lowest BCUT2D eigenvalue weighted by Crippen LogP contribution is -2.30. The summed E-state index contributed by atoms with van der Waals surface area (Å²) in [4.78, 5) is 20.0. The van der Waals surface area contributed by atoms with Crippen molar-refractivity contribution in [2.45, 2.75) is 6.04 Å². The summed E-state index contributed by atoms with van der Waals surface area (Å²) in [5.41, 5.74) is 1.09. The fraction of sp³-hybridized carbons (Fsp3) is 0.0556. The van der Waals surface area contributed by atoms with Crippen LogP contribution in [0.2, 0.25) is 0 Å². The largest absolute Gasteiger partial charge is 0.340 e. The topological polar surface area (TPSA) is 54.9 Å². The van der Waals surface area contributed by atoms with Crippen molar-refractivity contribution in [2.75, 3.05) is 0 Å². The molecule has 0 saturated heterocycles. The van der Waals surface area contributed by atoms with Gasteiger partial charge in [0.1, 0.15) is 5.82 Å². The van der Waals surface area contributed by atoms with Crippen LogP contribution >= 0.6 is 0 Å². The van der Waals surface area contributed by atoms with Crippen molar-refractivity contribution in [1.29, 1.82) is 0 Å². The Morgan fingerprint density at radius 3 is 2.42 bits per heavy atom. The zero-order valence-electron chi connectivity index (χ0n) is 12.5. The number of aromatic nitrogens is 2. The van der Waals surface area contributed by atoms with Crippen LogP contribution in [0.25, 0.3) is 0 Å². The number of carbonyl (C=O) groups is 1. The Bertz CT molecular complexity index is 802. The first-order valence-electron chi connectivity index (χ1n) is 7.22. The highest BCUT2D eigenvalue weighted by atomic mass is 19.1. The molecule has 0 radical (unpaired) electrons. The number of hydrogen-bond acceptors (Lipinski definition) is 3. The molecule has 3 aromatic rings. The van der Waals surface area contributed by atoms with E-state index in [-0.39, 0.29) is 0 Å². The third-order valence-corrected chi connectivity index (χ3v) is 3.45. The van der Waals surface area contributed by atoms with E-state index in [1.165, 1.54) is 0 Å². The van der Waals surface area contributed by atoms with Gasteiger partial charge in [-0.1, -0.05) is 36.4 Å². The van der Waals surface area contributed by atoms with Crippen LogP contribution < -0.4 is 5.32 Å². The number of nitrogens with one attached hydrogen (secondary N) is 1. The molecule has 24 heavy (non-hydrogen) atoms. The molecule has 1 N–H and O–H groups in total. The molecule has 0 aliphatic carbocycles. The highest BCUT2D eigenvalue weighted by Gasteiger charge is 2.21. The van der Waals surface area contributed by atoms with Gasteiger partial charge in [-0.15, -0.1) is 0 Å². The highest BCUT2D eigenvalue weighted by Crippen LogP contribution is 2.21. The van der Waals surface area contributed by atoms with Gasteiger partial charge in [-0.2, -0.15) is 0 Å². The standard InChI is InChI=1S/C18H13F2N3O/c19-14-9-15(20)17(22-11-14)18(24)23-16(12-5-2-1-3-6-12)13-7-4-8-21-10-13/h1-11,16H,(H,23,24)/t16-/m0/s1. The van der Waals surface area contributed by atoms with E-state index in [0.29, 0.717) is 6.07 Å². The molecule has 0 saturated carbocycles. The third kappa shape index (κ3) is 3.43. The molecular weight excluding hydrogens is 312 g/mol. The summed E-state index contributed by atoms with van der Waals surface area (Å²) in [6.45, 7) is 0. The summed E-state index contributed by atoms with van der Waals surface area (Å²) in [5.74, 6) is -2.58. The Morgan fingerprint density at radius 1 is 1.00 bits per heavy atom. The molecule has 120 valence electrons. The summed E-state index contributed by atoms with van der Waals surface area (Å²) in [6, 6.07) is 12.9. The van der Waals surface area contributed by atoms with E-state index in [2.05, 4.69) is 15.3 Å². The Morgan fingerprint density at radius 2 is 1.75 bits per heavy atom. The minimum absolute atomic E-state index is 0.457. The first kappa shape index (κ1) is 15.7. The lowest BCUT2D eigenvalue weighted by molar-refractivity contribution is 0.0933. The van der Waals surface area contributed by atoms with Crippen LogP contribution in [0.4, 0.5) is 8.78 Å². The van der Waals surface area contributed by atoms with E-state index >= 15 is 0 Å². The van der Waals surface area contributed by atoms with Gasteiger partial charge in [0, 0.05) is 18.5 Å². The molecule has 3 rings (SSSR count). The lowest BCUT2D eigenvalue weighted by Gasteiger charge is -2.19. The van der Waals surface area contributed by atoms with Crippen LogP contribution in [-0.4, -0.2) is 15.9 Å². The van der Waals surface area contributed by atoms with Gasteiger partial charge in [-0.3, -0.25) is 9.78 Å². The van der Waals surface area contributed by atoms with Gasteiger partial charge < -0.3 is 5.32 Å². The number of rotatable bonds is 4. The average molecular weight is 325 g/mol. The van der Waals surface area contributed by atoms with E-state index in [0.717, 1.165) is 17.3 Å². The summed E-state index contributed by atoms with van der Waals surface area (Å²) in [5, 5.41) is 2.72. The van der Waals surface area contributed by atoms with Crippen LogP contribution in [0.1, 0.15) is 27.7 Å². The van der Waals surface area contributed by atoms with Gasteiger partial charge in [-0.05, 0) is 17.2 Å². The van der Waals surface area contributed by atoms with Crippen LogP contribution in [0.5, 0.6) is 0 Å². The van der Waals surface area contributed by atoms with Crippen molar-refractivity contribution < 1.29 is 13.6 Å². The lowest BCUT2D eigenvalue weighted by atomic mass is 10.00. The molecule has 6 heteroatoms. The summed E-state index contributed by atoms with van der Waals surface area (Å²) >= 11 is 0. The molecule has 0 spiro atoms. The third-order valence-electron chi connectivity index (χ3n) is 3.45. The van der Waals surface area contributed by atoms with Crippen LogP contribution in [-0.2, 0) is 0 Å². The molecule has 0 unspecified atom stereocenters. The van der Waals surface area contributed by atoms with Gasteiger partial charge in [0.15, 0.2) is 11.5 Å². The second-order valence-electron chi connectivity index (χ2n) is 5.09. The van der Waals surface area contributed by atoms with Crippen molar-refractivity contribution in [3.63, 3.8) is 0 Å². The summed E-state index contributed by atoms with van der Waals surface area (Å²) in [6.07, 6.45) is 4.04. The molecule has 1 atom stereocenters. The van der Waals surface area contributed by atoms with E-state index < -0.39 is 29.3 Å². The molecule has 4 nitrogen and oxygen atoms in total. The van der Waals surface area contributed by atoms with Gasteiger partial charge in [0.25, 0.3) is 5.91 Å². The monoisotopic (exact) mass is 325 g/mol. The molecule has 0 fully saturated rings. The maximum atomic E-state index is 13.8. The van der Waals surface area contributed by atoms with E-state index in [1.807, 2.05) is 30.3 Å². The number of carbonyl (C=O) groups excluding carboxylic acids is 1. The second-order valence-corrected chi connectivity index (χ2v) is 5.09. The first-order chi connectivity index (χ1) is 11.6. The van der Waals surface area contributed by atoms with E-state index in [1.54, 1.807) is 24.5 Å². The SMILES string of the molecule is O=C(N[C@@H](c1ccccc1)c1cccnc1)c1ncc(F)cc1F. The maximum Gasteiger partial charge on any atom is 0.273 e. The fourth-order valence-electron chi connectivity index (χ4n) is 2.33. The van der Waals surface area contributed by atoms with Crippen LogP contribution in [0, 0.1) is 11.6 Å². The predicted molar refractivity (Wildman–Crippen MR) is 84.1 cm³/mol. The Kier molecular flexibility index (Phi) is 4.56. The zero-order valence-corrected chi connectivity index (χ0v) is 12.5. The zero-order chi connectivity index (χ0) is 16.9. The van der Waals surface area contributed by atoms with Crippen molar-refractivity contribution in [2.24, 2.45) is 0 Å². The molecule has 1 aromatic carbocycles. The first-order valence-corrected chi connectivity index (χ1v) is 7.22. The van der Waals surface area contributed by atoms with Crippen molar-refractivity contribution in [3.05, 3.63) is 95.6 Å². The minimum Gasteiger partial charge on any atom is -0.340 e. The Balaban J connectivity index is 1.94. The van der Waals surface area contributed by atoms with Crippen molar-refractivity contribution in [3.8, 4) is 0 Å². The number of nitrogens with zero attached hydrogens (tertiary/aromatic N) is 2. The molecule has 2 aromatic heterocycles. The molecular formula is C18H13F2N3O. The average Bonchev–Trinajstić information content (AvgIpc) is 2.61. The van der Waals surface area contributed by atoms with E-state index in [9.17, 15) is 13.6 Å². The normalized spacial score (nSPS) is 11.8. The minimum atomic E-state index is -1.01. The molecule has 0 aliphatic heterocycles. The van der Waals surface area contributed by atoms with Gasteiger partial charge in [0.2, 0.25) is 0 Å². The van der Waals surface area contributed by atoms with Gasteiger partial charge in [0.05, 0.1) is 12.2 Å². The van der Waals surface area contributed by atoms with Crippen LogP contribution in [0.15, 0.2) is 67.1 Å². The maximum absolute atomic E-state index is 13.8. The van der Waals surface area contributed by atoms with Gasteiger partial charge >= 0.3 is 0 Å². The van der Waals surface area contributed by atoms with Crippen molar-refractivity contribution in [1.82, 2.24) is 15.3 Å². The Hall–Kier alpha value is -3.15. The smallest absolute Gasteiger partial charge is 0.273 e. The highest BCUT2D eigenvalue weighted by molar-refractivity contribution is 5.93. The van der Waals surface area contributed by atoms with E-state index in [4.69, 9.17) is 0 Å². The summed E-state index contributed by atoms with van der Waals surface area (Å²) < 4.78 is 26.7. The number of halogens is 2. The van der Waals surface area contributed by atoms with Crippen LogP contribution in [0.3, 0.4) is 0 Å². The Labute approximate surface area is 137 Å². The number of hydrogen-bond donors (Lipinski definition) is 1. The van der Waals surface area contributed by atoms with Gasteiger partial charge in [-0.25, -0.2) is 13.8 Å². The molecule has 0 aliphatic rings. The molecule has 1 amide bonds. The number of amides is 1. The number of benzene rings is 1. The second kappa shape index (κ2) is 6.95.